The van der Waals surface area contributed by atoms with Gasteiger partial charge in [-0.25, -0.2) is 0 Å². The van der Waals surface area contributed by atoms with E-state index in [1.807, 2.05) is 24.3 Å². The van der Waals surface area contributed by atoms with Crippen LogP contribution in [0.1, 0.15) is 13.3 Å². The summed E-state index contributed by atoms with van der Waals surface area (Å²) in [5, 5.41) is 29.9. The molecule has 0 aliphatic heterocycles. The fraction of sp³-hybridized carbons (Fsp3) is 0.333. The van der Waals surface area contributed by atoms with Crippen molar-refractivity contribution in [1.29, 1.82) is 0 Å². The fourth-order valence-electron chi connectivity index (χ4n) is 1.77. The average Bonchev–Trinajstić information content (AvgIpc) is 2.38. The van der Waals surface area contributed by atoms with Crippen LogP contribution < -0.4 is 4.74 Å². The van der Waals surface area contributed by atoms with E-state index in [9.17, 15) is 10.2 Å². The van der Waals surface area contributed by atoms with Gasteiger partial charge in [-0.2, -0.15) is 0 Å². The number of fused-ring (bicyclic) bond motifs is 1. The van der Waals surface area contributed by atoms with E-state index in [-0.39, 0.29) is 12.4 Å². The minimum Gasteiger partial charge on any atom is -0.508 e. The van der Waals surface area contributed by atoms with Crippen LogP contribution in [-0.4, -0.2) is 34.1 Å². The van der Waals surface area contributed by atoms with Crippen LogP contribution in [0.3, 0.4) is 0 Å². The number of aromatic hydroxyl groups is 1. The van der Waals surface area contributed by atoms with Crippen LogP contribution in [0.25, 0.3) is 10.8 Å². The van der Waals surface area contributed by atoms with Crippen LogP contribution in [0, 0.1) is 0 Å². The summed E-state index contributed by atoms with van der Waals surface area (Å²) in [4.78, 5) is 0. The molecule has 1 atom stereocenters. The third-order valence-electron chi connectivity index (χ3n) is 3.05. The van der Waals surface area contributed by atoms with Gasteiger partial charge < -0.3 is 20.1 Å². The maximum absolute atomic E-state index is 9.65. The van der Waals surface area contributed by atoms with E-state index >= 15 is 0 Å². The molecule has 0 aromatic heterocycles. The highest BCUT2D eigenvalue weighted by Gasteiger charge is 2.18. The molecule has 2 aromatic rings. The molecule has 0 aliphatic rings. The second kappa shape index (κ2) is 5.47. The van der Waals surface area contributed by atoms with E-state index in [2.05, 4.69) is 0 Å². The molecule has 0 amide bonds. The molecule has 0 saturated carbocycles. The van der Waals surface area contributed by atoms with Crippen molar-refractivity contribution in [1.82, 2.24) is 0 Å². The Bertz CT molecular complexity index is 563. The minimum absolute atomic E-state index is 0.216. The Morgan fingerprint density at radius 1 is 1.11 bits per heavy atom. The van der Waals surface area contributed by atoms with Gasteiger partial charge in [-0.1, -0.05) is 12.1 Å². The highest BCUT2D eigenvalue weighted by atomic mass is 16.5. The summed E-state index contributed by atoms with van der Waals surface area (Å²) >= 11 is 0. The molecule has 0 radical (unpaired) electrons. The molecule has 2 rings (SSSR count). The standard InChI is InChI=1S/C15H18O4/c1-15(18,10-16)6-7-19-14-5-3-11-2-4-13(17)8-12(11)9-14/h2-5,8-9,16-18H,6-7,10H2,1H3/t15-/m0/s1. The highest BCUT2D eigenvalue weighted by molar-refractivity contribution is 5.85. The third-order valence-corrected chi connectivity index (χ3v) is 3.05. The molecule has 2 aromatic carbocycles. The van der Waals surface area contributed by atoms with Crippen LogP contribution in [0.15, 0.2) is 36.4 Å². The number of hydrogen-bond acceptors (Lipinski definition) is 4. The van der Waals surface area contributed by atoms with Crippen molar-refractivity contribution in [2.24, 2.45) is 0 Å². The molecule has 0 saturated heterocycles. The third kappa shape index (κ3) is 3.59. The largest absolute Gasteiger partial charge is 0.508 e. The Balaban J connectivity index is 2.05. The number of hydrogen-bond donors (Lipinski definition) is 3. The molecule has 0 fully saturated rings. The SMILES string of the molecule is C[C@@](O)(CO)CCOc1ccc2ccc(O)cc2c1. The molecule has 102 valence electrons. The molecule has 4 nitrogen and oxygen atoms in total. The van der Waals surface area contributed by atoms with E-state index < -0.39 is 5.60 Å². The topological polar surface area (TPSA) is 69.9 Å². The van der Waals surface area contributed by atoms with Gasteiger partial charge in [-0.3, -0.25) is 0 Å². The van der Waals surface area contributed by atoms with Gasteiger partial charge in [0.2, 0.25) is 0 Å². The highest BCUT2D eigenvalue weighted by Crippen LogP contribution is 2.24. The van der Waals surface area contributed by atoms with Gasteiger partial charge >= 0.3 is 0 Å². The Morgan fingerprint density at radius 3 is 2.58 bits per heavy atom. The molecule has 0 bridgehead atoms. The van der Waals surface area contributed by atoms with Crippen molar-refractivity contribution in [2.75, 3.05) is 13.2 Å². The molecule has 3 N–H and O–H groups in total. The zero-order valence-electron chi connectivity index (χ0n) is 10.8. The van der Waals surface area contributed by atoms with Crippen molar-refractivity contribution in [3.8, 4) is 11.5 Å². The summed E-state index contributed by atoms with van der Waals surface area (Å²) in [5.41, 5.74) is -1.12. The number of phenols is 1. The molecular weight excluding hydrogens is 244 g/mol. The molecule has 0 unspecified atom stereocenters. The first kappa shape index (κ1) is 13.6. The normalized spacial score (nSPS) is 14.3. The van der Waals surface area contributed by atoms with Crippen LogP contribution in [-0.2, 0) is 0 Å². The molecular formula is C15H18O4. The quantitative estimate of drug-likeness (QED) is 0.771. The lowest BCUT2D eigenvalue weighted by molar-refractivity contribution is -0.0139. The number of ether oxygens (including phenoxy) is 1. The van der Waals surface area contributed by atoms with Gasteiger partial charge in [0.15, 0.2) is 0 Å². The van der Waals surface area contributed by atoms with Gasteiger partial charge in [0.1, 0.15) is 11.5 Å². The average molecular weight is 262 g/mol. The lowest BCUT2D eigenvalue weighted by atomic mass is 10.1. The van der Waals surface area contributed by atoms with Gasteiger partial charge in [-0.05, 0) is 42.0 Å². The van der Waals surface area contributed by atoms with Gasteiger partial charge in [0, 0.05) is 6.42 Å². The van der Waals surface area contributed by atoms with E-state index in [1.165, 1.54) is 0 Å². The van der Waals surface area contributed by atoms with Crippen LogP contribution >= 0.6 is 0 Å². The maximum atomic E-state index is 9.65. The molecule has 0 spiro atoms. The number of benzene rings is 2. The number of aliphatic hydroxyl groups is 2. The molecule has 0 heterocycles. The monoisotopic (exact) mass is 262 g/mol. The zero-order valence-corrected chi connectivity index (χ0v) is 10.8. The van der Waals surface area contributed by atoms with Gasteiger partial charge in [-0.15, -0.1) is 0 Å². The van der Waals surface area contributed by atoms with Crippen molar-refractivity contribution in [3.63, 3.8) is 0 Å². The smallest absolute Gasteiger partial charge is 0.119 e. The van der Waals surface area contributed by atoms with Crippen molar-refractivity contribution >= 4 is 10.8 Å². The van der Waals surface area contributed by atoms with Gasteiger partial charge in [0.25, 0.3) is 0 Å². The first-order valence-corrected chi connectivity index (χ1v) is 6.19. The summed E-state index contributed by atoms with van der Waals surface area (Å²) in [7, 11) is 0. The number of aliphatic hydroxyl groups excluding tert-OH is 1. The first-order chi connectivity index (χ1) is 9.00. The van der Waals surface area contributed by atoms with E-state index in [4.69, 9.17) is 9.84 Å². The summed E-state index contributed by atoms with van der Waals surface area (Å²) in [6, 6.07) is 10.7. The lowest BCUT2D eigenvalue weighted by Gasteiger charge is -2.20. The van der Waals surface area contributed by atoms with E-state index in [0.717, 1.165) is 10.8 Å². The summed E-state index contributed by atoms with van der Waals surface area (Å²) < 4.78 is 5.54. The minimum atomic E-state index is -1.12. The van der Waals surface area contributed by atoms with E-state index in [1.54, 1.807) is 19.1 Å². The Hall–Kier alpha value is -1.78. The molecule has 4 heteroatoms. The number of rotatable bonds is 5. The van der Waals surface area contributed by atoms with Crippen molar-refractivity contribution in [2.45, 2.75) is 18.9 Å². The second-order valence-corrected chi connectivity index (χ2v) is 4.95. The second-order valence-electron chi connectivity index (χ2n) is 4.95. The Kier molecular flexibility index (Phi) is 3.93. The maximum Gasteiger partial charge on any atom is 0.119 e. The van der Waals surface area contributed by atoms with Crippen molar-refractivity contribution in [3.05, 3.63) is 36.4 Å². The van der Waals surface area contributed by atoms with E-state index in [0.29, 0.717) is 18.8 Å². The Labute approximate surface area is 111 Å². The van der Waals surface area contributed by atoms with Crippen LogP contribution in [0.5, 0.6) is 11.5 Å². The first-order valence-electron chi connectivity index (χ1n) is 6.19. The van der Waals surface area contributed by atoms with Crippen LogP contribution in [0.4, 0.5) is 0 Å². The predicted molar refractivity (Wildman–Crippen MR) is 73.4 cm³/mol. The lowest BCUT2D eigenvalue weighted by Crippen LogP contribution is -2.30. The summed E-state index contributed by atoms with van der Waals surface area (Å²) in [5.74, 6) is 0.889. The van der Waals surface area contributed by atoms with Crippen LogP contribution in [0.2, 0.25) is 0 Å². The van der Waals surface area contributed by atoms with Crippen molar-refractivity contribution < 1.29 is 20.1 Å². The molecule has 0 aliphatic carbocycles. The number of phenolic OH excluding ortho intramolecular Hbond substituents is 1. The Morgan fingerprint density at radius 2 is 1.84 bits per heavy atom. The zero-order chi connectivity index (χ0) is 13.9. The fourth-order valence-corrected chi connectivity index (χ4v) is 1.77. The molecule has 19 heavy (non-hydrogen) atoms. The predicted octanol–water partition coefficient (Wildman–Crippen LogP) is 2.06. The van der Waals surface area contributed by atoms with Gasteiger partial charge in [0.05, 0.1) is 18.8 Å². The summed E-state index contributed by atoms with van der Waals surface area (Å²) in [6.07, 6.45) is 0.349. The summed E-state index contributed by atoms with van der Waals surface area (Å²) in [6.45, 7) is 1.59.